The van der Waals surface area contributed by atoms with Gasteiger partial charge in [-0.2, -0.15) is 0 Å². The lowest BCUT2D eigenvalue weighted by Crippen LogP contribution is -2.04. The Bertz CT molecular complexity index is 91.7. The third-order valence-corrected chi connectivity index (χ3v) is 0.647. The lowest BCUT2D eigenvalue weighted by atomic mass is 10.4. The lowest BCUT2D eigenvalue weighted by molar-refractivity contribution is -0.319. The van der Waals surface area contributed by atoms with Crippen LogP contribution in [0, 0.1) is 0 Å². The topological polar surface area (TPSA) is 47.9 Å². The smallest absolute Gasteiger partial charge is 0.109 e. The Hall–Kier alpha value is -0.420. The van der Waals surface area contributed by atoms with Crippen LogP contribution in [0.5, 0.6) is 0 Å². The first-order valence-electron chi connectivity index (χ1n) is 2.92. The molecule has 60 valence electrons. The van der Waals surface area contributed by atoms with Crippen molar-refractivity contribution in [2.24, 2.45) is 0 Å². The molecule has 0 saturated carbocycles. The van der Waals surface area contributed by atoms with Gasteiger partial charge in [-0.3, -0.25) is 5.26 Å². The molecule has 0 fully saturated rings. The summed E-state index contributed by atoms with van der Waals surface area (Å²) in [5.74, 6) is 0. The molecule has 0 bridgehead atoms. The fourth-order valence-electron chi connectivity index (χ4n) is 0.272. The quantitative estimate of drug-likeness (QED) is 0.264. The van der Waals surface area contributed by atoms with E-state index in [0.29, 0.717) is 6.61 Å². The molecular formula is C6H12O4. The minimum atomic E-state index is 0.107. The maximum absolute atomic E-state index is 7.82. The summed E-state index contributed by atoms with van der Waals surface area (Å²) in [6, 6.07) is 0. The summed E-state index contributed by atoms with van der Waals surface area (Å²) in [5, 5.41) is 7.82. The van der Waals surface area contributed by atoms with Gasteiger partial charge in [0.1, 0.15) is 19.8 Å². The standard InChI is InChI=1S/C6H12O4/c1-6(2)5-10-9-4-3-8-7/h7H,1,3-5H2,2H3. The molecule has 0 heterocycles. The maximum Gasteiger partial charge on any atom is 0.109 e. The molecule has 0 aliphatic heterocycles. The summed E-state index contributed by atoms with van der Waals surface area (Å²) in [5.41, 5.74) is 0.880. The maximum atomic E-state index is 7.82. The van der Waals surface area contributed by atoms with E-state index in [-0.39, 0.29) is 13.2 Å². The van der Waals surface area contributed by atoms with Gasteiger partial charge in [0.15, 0.2) is 0 Å². The second kappa shape index (κ2) is 6.70. The van der Waals surface area contributed by atoms with Gasteiger partial charge in [-0.25, -0.2) is 14.7 Å². The van der Waals surface area contributed by atoms with Crippen LogP contribution in [-0.4, -0.2) is 25.1 Å². The third kappa shape index (κ3) is 7.58. The summed E-state index contributed by atoms with van der Waals surface area (Å²) >= 11 is 0. The van der Waals surface area contributed by atoms with Crippen molar-refractivity contribution in [2.75, 3.05) is 19.8 Å². The monoisotopic (exact) mass is 148 g/mol. The summed E-state index contributed by atoms with van der Waals surface area (Å²) in [4.78, 5) is 12.9. The van der Waals surface area contributed by atoms with Gasteiger partial charge in [0, 0.05) is 0 Å². The van der Waals surface area contributed by atoms with E-state index < -0.39 is 0 Å². The summed E-state index contributed by atoms with van der Waals surface area (Å²) in [6.07, 6.45) is 0. The van der Waals surface area contributed by atoms with Gasteiger partial charge in [-0.15, -0.1) is 0 Å². The second-order valence-electron chi connectivity index (χ2n) is 1.87. The van der Waals surface area contributed by atoms with Crippen LogP contribution in [0.1, 0.15) is 6.92 Å². The van der Waals surface area contributed by atoms with Gasteiger partial charge in [0.25, 0.3) is 0 Å². The van der Waals surface area contributed by atoms with Crippen molar-refractivity contribution in [1.29, 1.82) is 0 Å². The van der Waals surface area contributed by atoms with Gasteiger partial charge < -0.3 is 0 Å². The fraction of sp³-hybridized carbons (Fsp3) is 0.667. The second-order valence-corrected chi connectivity index (χ2v) is 1.87. The molecule has 4 heteroatoms. The molecule has 0 aliphatic carbocycles. The Morgan fingerprint density at radius 2 is 2.10 bits per heavy atom. The molecule has 10 heavy (non-hydrogen) atoms. The Balaban J connectivity index is 2.84. The molecule has 0 aromatic heterocycles. The van der Waals surface area contributed by atoms with E-state index in [9.17, 15) is 0 Å². The van der Waals surface area contributed by atoms with Crippen molar-refractivity contribution in [3.8, 4) is 0 Å². The molecular weight excluding hydrogens is 136 g/mol. The first kappa shape index (κ1) is 9.58. The first-order chi connectivity index (χ1) is 4.77. The largest absolute Gasteiger partial charge is 0.252 e. The molecule has 0 amide bonds. The summed E-state index contributed by atoms with van der Waals surface area (Å²) < 4.78 is 0. The molecule has 0 aromatic rings. The highest BCUT2D eigenvalue weighted by atomic mass is 17.2. The van der Waals surface area contributed by atoms with E-state index in [2.05, 4.69) is 21.2 Å². The molecule has 1 N–H and O–H groups in total. The van der Waals surface area contributed by atoms with Crippen molar-refractivity contribution < 1.29 is 19.9 Å². The van der Waals surface area contributed by atoms with Crippen molar-refractivity contribution in [3.63, 3.8) is 0 Å². The lowest BCUT2D eigenvalue weighted by Gasteiger charge is -2.00. The molecule has 0 aromatic carbocycles. The molecule has 0 unspecified atom stereocenters. The summed E-state index contributed by atoms with van der Waals surface area (Å²) in [6.45, 7) is 6.10. The minimum Gasteiger partial charge on any atom is -0.252 e. The highest BCUT2D eigenvalue weighted by Crippen LogP contribution is 1.88. The van der Waals surface area contributed by atoms with Crippen LogP contribution in [0.25, 0.3) is 0 Å². The zero-order valence-corrected chi connectivity index (χ0v) is 6.00. The van der Waals surface area contributed by atoms with E-state index in [1.807, 2.05) is 6.92 Å². The number of rotatable bonds is 6. The first-order valence-corrected chi connectivity index (χ1v) is 2.92. The molecule has 0 spiro atoms. The zero-order valence-electron chi connectivity index (χ0n) is 6.00. The Morgan fingerprint density at radius 1 is 1.40 bits per heavy atom. The SMILES string of the molecule is C=C(C)COOCCOO. The molecule has 0 rings (SSSR count). The average molecular weight is 148 g/mol. The molecule has 0 saturated heterocycles. The van der Waals surface area contributed by atoms with Gasteiger partial charge in [0.2, 0.25) is 0 Å². The molecule has 4 nitrogen and oxygen atoms in total. The van der Waals surface area contributed by atoms with E-state index in [4.69, 9.17) is 5.26 Å². The molecule has 0 atom stereocenters. The molecule has 0 aliphatic rings. The average Bonchev–Trinajstić information content (AvgIpc) is 1.87. The predicted molar refractivity (Wildman–Crippen MR) is 35.3 cm³/mol. The zero-order chi connectivity index (χ0) is 7.82. The van der Waals surface area contributed by atoms with Crippen molar-refractivity contribution in [1.82, 2.24) is 0 Å². The Morgan fingerprint density at radius 3 is 2.60 bits per heavy atom. The number of hydrogen-bond acceptors (Lipinski definition) is 4. The van der Waals surface area contributed by atoms with Gasteiger partial charge in [0.05, 0.1) is 0 Å². The van der Waals surface area contributed by atoms with Crippen LogP contribution in [-0.2, 0) is 14.7 Å². The normalized spacial score (nSPS) is 9.80. The van der Waals surface area contributed by atoms with E-state index in [1.165, 1.54) is 0 Å². The van der Waals surface area contributed by atoms with Crippen molar-refractivity contribution in [2.45, 2.75) is 6.92 Å². The van der Waals surface area contributed by atoms with Crippen molar-refractivity contribution >= 4 is 0 Å². The van der Waals surface area contributed by atoms with E-state index in [1.54, 1.807) is 0 Å². The van der Waals surface area contributed by atoms with E-state index >= 15 is 0 Å². The Labute approximate surface area is 59.9 Å². The summed E-state index contributed by atoms with van der Waals surface area (Å²) in [7, 11) is 0. The van der Waals surface area contributed by atoms with Crippen LogP contribution in [0.3, 0.4) is 0 Å². The van der Waals surface area contributed by atoms with Crippen molar-refractivity contribution in [3.05, 3.63) is 12.2 Å². The van der Waals surface area contributed by atoms with Crippen LogP contribution in [0.2, 0.25) is 0 Å². The van der Waals surface area contributed by atoms with Gasteiger partial charge in [-0.05, 0) is 6.92 Å². The van der Waals surface area contributed by atoms with Crippen LogP contribution < -0.4 is 0 Å². The molecule has 0 radical (unpaired) electrons. The number of hydrogen-bond donors (Lipinski definition) is 1. The highest BCUT2D eigenvalue weighted by Gasteiger charge is 1.88. The van der Waals surface area contributed by atoms with Crippen LogP contribution in [0.15, 0.2) is 12.2 Å². The van der Waals surface area contributed by atoms with Crippen LogP contribution in [0.4, 0.5) is 0 Å². The van der Waals surface area contributed by atoms with Gasteiger partial charge >= 0.3 is 0 Å². The minimum absolute atomic E-state index is 0.107. The fourth-order valence-corrected chi connectivity index (χ4v) is 0.272. The highest BCUT2D eigenvalue weighted by molar-refractivity contribution is 4.86. The predicted octanol–water partition coefficient (Wildman–Crippen LogP) is 1.00. The van der Waals surface area contributed by atoms with E-state index in [0.717, 1.165) is 5.57 Å². The third-order valence-electron chi connectivity index (χ3n) is 0.647. The van der Waals surface area contributed by atoms with Crippen LogP contribution >= 0.6 is 0 Å². The Kier molecular flexibility index (Phi) is 6.42. The van der Waals surface area contributed by atoms with Gasteiger partial charge in [-0.1, -0.05) is 12.2 Å².